The quantitative estimate of drug-likeness (QED) is 0.322. The molecule has 0 N–H and O–H groups in total. The summed E-state index contributed by atoms with van der Waals surface area (Å²) in [4.78, 5) is 0. The molecule has 0 rings (SSSR count). The lowest BCUT2D eigenvalue weighted by molar-refractivity contribution is 0.0495. The maximum atomic E-state index is 12.0. The molecular weight excluding hydrogens is 420 g/mol. The minimum Gasteiger partial charge on any atom is -0.270 e. The first kappa shape index (κ1) is 26.7. The highest BCUT2D eigenvalue weighted by atomic mass is 32.2. The van der Waals surface area contributed by atoms with Crippen LogP contribution in [0.5, 0.6) is 0 Å². The number of hydrogen-bond donors (Lipinski definition) is 0. The van der Waals surface area contributed by atoms with Crippen molar-refractivity contribution in [3.05, 3.63) is 0 Å². The average Bonchev–Trinajstić information content (AvgIpc) is 2.45. The van der Waals surface area contributed by atoms with E-state index in [9.17, 15) is 25.3 Å². The highest BCUT2D eigenvalue weighted by molar-refractivity contribution is 7.87. The molecule has 0 aromatic heterocycles. The summed E-state index contributed by atoms with van der Waals surface area (Å²) in [5.74, 6) is -0.485. The lowest BCUT2D eigenvalue weighted by Crippen LogP contribution is -2.36. The molecule has 27 heavy (non-hydrogen) atoms. The third kappa shape index (κ3) is 12.7. The van der Waals surface area contributed by atoms with E-state index in [1.165, 1.54) is 6.92 Å². The van der Waals surface area contributed by atoms with Crippen LogP contribution in [0.25, 0.3) is 0 Å². The molecule has 164 valence electrons. The third-order valence-corrected chi connectivity index (χ3v) is 7.91. The molecule has 0 fully saturated rings. The largest absolute Gasteiger partial charge is 0.270 e. The number of hydrogen-bond acceptors (Lipinski definition) is 9. The summed E-state index contributed by atoms with van der Waals surface area (Å²) in [6, 6.07) is 0. The lowest BCUT2D eigenvalue weighted by Gasteiger charge is -2.28. The fourth-order valence-corrected chi connectivity index (χ4v) is 5.47. The van der Waals surface area contributed by atoms with Crippen LogP contribution in [0, 0.1) is 0 Å². The van der Waals surface area contributed by atoms with Crippen molar-refractivity contribution in [2.24, 2.45) is 0 Å². The van der Waals surface area contributed by atoms with Crippen LogP contribution >= 0.6 is 0 Å². The van der Waals surface area contributed by atoms with Crippen LogP contribution in [-0.2, 0) is 42.9 Å². The topological polar surface area (TPSA) is 130 Å². The van der Waals surface area contributed by atoms with Gasteiger partial charge in [0, 0.05) is 12.8 Å². The second-order valence-electron chi connectivity index (χ2n) is 6.46. The first-order chi connectivity index (χ1) is 12.3. The van der Waals surface area contributed by atoms with Gasteiger partial charge in [0.2, 0.25) is 0 Å². The Labute approximate surface area is 164 Å². The minimum atomic E-state index is -3.85. The molecule has 0 aromatic carbocycles. The molecule has 0 amide bonds. The Kier molecular flexibility index (Phi) is 11.5. The highest BCUT2D eigenvalue weighted by Gasteiger charge is 2.32. The molecule has 0 spiro atoms. The van der Waals surface area contributed by atoms with Crippen molar-refractivity contribution in [2.75, 3.05) is 30.5 Å². The van der Waals surface area contributed by atoms with E-state index in [1.54, 1.807) is 20.8 Å². The first-order valence-corrected chi connectivity index (χ1v) is 13.7. The van der Waals surface area contributed by atoms with Gasteiger partial charge in [0.15, 0.2) is 0 Å². The van der Waals surface area contributed by atoms with Gasteiger partial charge in [-0.1, -0.05) is 20.8 Å². The van der Waals surface area contributed by atoms with Crippen LogP contribution in [0.4, 0.5) is 0 Å². The fraction of sp³-hybridized carbons (Fsp3) is 1.00. The van der Waals surface area contributed by atoms with E-state index >= 15 is 0 Å². The molecule has 0 atom stereocenters. The van der Waals surface area contributed by atoms with Crippen LogP contribution in [0.1, 0.15) is 59.8 Å². The van der Waals surface area contributed by atoms with Gasteiger partial charge in [0.25, 0.3) is 30.4 Å². The van der Waals surface area contributed by atoms with Crippen LogP contribution in [0.15, 0.2) is 0 Å². The standard InChI is InChI=1S/C15H32O9S3/c1-5-12-25(16,17)22-10-8-15(4,24-27(20,21)14-7-3)9-11-23-26(18,19)13-6-2/h5-14H2,1-4H3. The van der Waals surface area contributed by atoms with Crippen molar-refractivity contribution in [1.82, 2.24) is 0 Å². The van der Waals surface area contributed by atoms with E-state index in [4.69, 9.17) is 12.5 Å². The summed E-state index contributed by atoms with van der Waals surface area (Å²) in [6.45, 7) is 5.98. The van der Waals surface area contributed by atoms with Crippen LogP contribution in [0.2, 0.25) is 0 Å². The molecule has 0 saturated carbocycles. The Morgan fingerprint density at radius 1 is 0.630 bits per heavy atom. The van der Waals surface area contributed by atoms with E-state index in [0.717, 1.165) is 0 Å². The summed E-state index contributed by atoms with van der Waals surface area (Å²) in [5.41, 5.74) is -1.35. The van der Waals surface area contributed by atoms with Crippen molar-refractivity contribution in [3.63, 3.8) is 0 Å². The van der Waals surface area contributed by atoms with Crippen molar-refractivity contribution in [1.29, 1.82) is 0 Å². The molecule has 12 heteroatoms. The molecule has 0 radical (unpaired) electrons. The average molecular weight is 453 g/mol. The zero-order valence-electron chi connectivity index (χ0n) is 16.5. The summed E-state index contributed by atoms with van der Waals surface area (Å²) in [5, 5.41) is 0. The molecule has 0 aliphatic heterocycles. The summed E-state index contributed by atoms with van der Waals surface area (Å²) >= 11 is 0. The molecule has 0 aliphatic carbocycles. The predicted molar refractivity (Wildman–Crippen MR) is 103 cm³/mol. The van der Waals surface area contributed by atoms with Crippen molar-refractivity contribution in [3.8, 4) is 0 Å². The molecule has 0 aromatic rings. The summed E-state index contributed by atoms with van der Waals surface area (Å²) in [6.07, 6.45) is 1.02. The molecule has 0 aliphatic rings. The Morgan fingerprint density at radius 2 is 0.963 bits per heavy atom. The van der Waals surface area contributed by atoms with Gasteiger partial charge in [0.05, 0.1) is 36.1 Å². The van der Waals surface area contributed by atoms with Crippen LogP contribution < -0.4 is 0 Å². The monoisotopic (exact) mass is 452 g/mol. The van der Waals surface area contributed by atoms with Gasteiger partial charge in [-0.25, -0.2) is 0 Å². The third-order valence-electron chi connectivity index (χ3n) is 3.48. The molecular formula is C15H32O9S3. The zero-order valence-corrected chi connectivity index (χ0v) is 18.9. The van der Waals surface area contributed by atoms with Gasteiger partial charge >= 0.3 is 0 Å². The molecule has 0 heterocycles. The normalized spacial score (nSPS) is 13.8. The fourth-order valence-electron chi connectivity index (χ4n) is 2.19. The van der Waals surface area contributed by atoms with Gasteiger partial charge in [-0.2, -0.15) is 25.3 Å². The number of rotatable bonds is 16. The van der Waals surface area contributed by atoms with E-state index < -0.39 is 36.0 Å². The van der Waals surface area contributed by atoms with E-state index in [1.807, 2.05) is 0 Å². The van der Waals surface area contributed by atoms with Crippen molar-refractivity contribution >= 4 is 30.4 Å². The van der Waals surface area contributed by atoms with Gasteiger partial charge < -0.3 is 0 Å². The van der Waals surface area contributed by atoms with Gasteiger partial charge in [0.1, 0.15) is 0 Å². The van der Waals surface area contributed by atoms with E-state index in [0.29, 0.717) is 19.3 Å². The molecule has 9 nitrogen and oxygen atoms in total. The Morgan fingerprint density at radius 3 is 1.30 bits per heavy atom. The SMILES string of the molecule is CCCS(=O)(=O)OCCC(C)(CCOS(=O)(=O)CCC)OS(=O)(=O)CCC. The highest BCUT2D eigenvalue weighted by Crippen LogP contribution is 2.25. The zero-order chi connectivity index (χ0) is 21.2. The lowest BCUT2D eigenvalue weighted by atomic mass is 9.99. The van der Waals surface area contributed by atoms with E-state index in [-0.39, 0.29) is 43.3 Å². The van der Waals surface area contributed by atoms with Crippen molar-refractivity contribution < 1.29 is 37.8 Å². The maximum Gasteiger partial charge on any atom is 0.267 e. The minimum absolute atomic E-state index is 0.0595. The second kappa shape index (κ2) is 11.7. The molecule has 0 saturated heterocycles. The molecule has 0 bridgehead atoms. The first-order valence-electron chi connectivity index (χ1n) is 8.98. The Hall–Kier alpha value is -0.270. The van der Waals surface area contributed by atoms with Gasteiger partial charge in [-0.15, -0.1) is 0 Å². The van der Waals surface area contributed by atoms with Crippen molar-refractivity contribution in [2.45, 2.75) is 65.4 Å². The van der Waals surface area contributed by atoms with Crippen LogP contribution in [-0.4, -0.2) is 61.3 Å². The van der Waals surface area contributed by atoms with E-state index in [2.05, 4.69) is 0 Å². The summed E-state index contributed by atoms with van der Waals surface area (Å²) < 4.78 is 85.6. The van der Waals surface area contributed by atoms with Gasteiger partial charge in [-0.05, 0) is 26.2 Å². The molecule has 0 unspecified atom stereocenters. The maximum absolute atomic E-state index is 12.0. The van der Waals surface area contributed by atoms with Crippen LogP contribution in [0.3, 0.4) is 0 Å². The van der Waals surface area contributed by atoms with Gasteiger partial charge in [-0.3, -0.25) is 12.5 Å². The Balaban J connectivity index is 5.04. The predicted octanol–water partition coefficient (Wildman–Crippen LogP) is 1.79. The smallest absolute Gasteiger partial charge is 0.267 e. The summed E-state index contributed by atoms with van der Waals surface area (Å²) in [7, 11) is -11.2. The Bertz CT molecular complexity index is 682. The second-order valence-corrected chi connectivity index (χ2v) is 11.7.